The van der Waals surface area contributed by atoms with Gasteiger partial charge in [-0.05, 0) is 53.9 Å². The Morgan fingerprint density at radius 1 is 1.00 bits per heavy atom. The number of halogens is 3. The molecule has 0 saturated carbocycles. The van der Waals surface area contributed by atoms with E-state index in [1.54, 1.807) is 0 Å². The van der Waals surface area contributed by atoms with E-state index >= 15 is 0 Å². The van der Waals surface area contributed by atoms with Gasteiger partial charge in [-0.15, -0.1) is 0 Å². The number of nitro benzene ring substituents is 1. The van der Waals surface area contributed by atoms with Crippen molar-refractivity contribution in [2.24, 2.45) is 4.99 Å². The van der Waals surface area contributed by atoms with Crippen molar-refractivity contribution >= 4 is 44.6 Å². The Morgan fingerprint density at radius 2 is 1.68 bits per heavy atom. The number of nitro groups is 1. The van der Waals surface area contributed by atoms with E-state index in [4.69, 9.17) is 11.6 Å². The van der Waals surface area contributed by atoms with Crippen LogP contribution in [0.2, 0.25) is 5.02 Å². The Kier molecular flexibility index (Phi) is 6.18. The minimum atomic E-state index is -4.19. The number of anilines is 1. The summed E-state index contributed by atoms with van der Waals surface area (Å²) in [4.78, 5) is 13.5. The highest BCUT2D eigenvalue weighted by atomic mass is 35.5. The van der Waals surface area contributed by atoms with Crippen LogP contribution < -0.4 is 9.83 Å². The van der Waals surface area contributed by atoms with Crippen molar-refractivity contribution in [2.45, 2.75) is 4.90 Å². The molecular formula is C19H11ClF2N3O5S-. The molecule has 0 bridgehead atoms. The minimum Gasteiger partial charge on any atom is -0.858 e. The smallest absolute Gasteiger partial charge is 0.290 e. The third-order valence-electron chi connectivity index (χ3n) is 3.94. The molecule has 31 heavy (non-hydrogen) atoms. The van der Waals surface area contributed by atoms with Crippen LogP contribution in [-0.2, 0) is 10.0 Å². The Morgan fingerprint density at radius 3 is 2.29 bits per heavy atom. The monoisotopic (exact) mass is 466 g/mol. The fourth-order valence-corrected chi connectivity index (χ4v) is 3.69. The van der Waals surface area contributed by atoms with Crippen LogP contribution in [0.25, 0.3) is 0 Å². The third kappa shape index (κ3) is 5.13. The van der Waals surface area contributed by atoms with Crippen LogP contribution in [0.5, 0.6) is 0 Å². The second kappa shape index (κ2) is 8.66. The molecule has 3 aromatic carbocycles. The number of hydrogen-bond acceptors (Lipinski definition) is 6. The molecular weight excluding hydrogens is 456 g/mol. The quantitative estimate of drug-likeness (QED) is 0.256. The predicted octanol–water partition coefficient (Wildman–Crippen LogP) is 3.77. The van der Waals surface area contributed by atoms with Gasteiger partial charge in [-0.25, -0.2) is 17.2 Å². The van der Waals surface area contributed by atoms with E-state index in [0.29, 0.717) is 12.1 Å². The number of rotatable bonds is 6. The van der Waals surface area contributed by atoms with E-state index in [1.165, 1.54) is 36.4 Å². The van der Waals surface area contributed by atoms with E-state index < -0.39 is 43.1 Å². The molecule has 0 aliphatic carbocycles. The van der Waals surface area contributed by atoms with Gasteiger partial charge in [0.15, 0.2) is 11.6 Å². The van der Waals surface area contributed by atoms with Gasteiger partial charge in [0.2, 0.25) is 0 Å². The maximum Gasteiger partial charge on any atom is 0.290 e. The highest BCUT2D eigenvalue weighted by molar-refractivity contribution is 7.92. The van der Waals surface area contributed by atoms with Crippen LogP contribution in [0.3, 0.4) is 0 Å². The van der Waals surface area contributed by atoms with Gasteiger partial charge in [0, 0.05) is 11.8 Å². The van der Waals surface area contributed by atoms with Crippen LogP contribution >= 0.6 is 11.6 Å². The first-order chi connectivity index (χ1) is 14.6. The molecule has 8 nitrogen and oxygen atoms in total. The predicted molar refractivity (Wildman–Crippen MR) is 108 cm³/mol. The lowest BCUT2D eigenvalue weighted by atomic mass is 10.2. The molecule has 0 fully saturated rings. The molecule has 0 aliphatic rings. The lowest BCUT2D eigenvalue weighted by molar-refractivity contribution is -0.384. The van der Waals surface area contributed by atoms with Gasteiger partial charge in [0.1, 0.15) is 5.02 Å². The summed E-state index contributed by atoms with van der Waals surface area (Å²) in [5, 5.41) is 23.1. The van der Waals surface area contributed by atoms with Crippen molar-refractivity contribution < 1.29 is 27.2 Å². The van der Waals surface area contributed by atoms with Gasteiger partial charge in [0.25, 0.3) is 15.7 Å². The van der Waals surface area contributed by atoms with Crippen LogP contribution in [0.4, 0.5) is 25.8 Å². The van der Waals surface area contributed by atoms with Gasteiger partial charge in [-0.3, -0.25) is 19.8 Å². The molecule has 0 unspecified atom stereocenters. The zero-order chi connectivity index (χ0) is 22.8. The average molecular weight is 467 g/mol. The van der Waals surface area contributed by atoms with Crippen molar-refractivity contribution in [3.63, 3.8) is 0 Å². The maximum atomic E-state index is 13.3. The number of nitrogens with zero attached hydrogens (tertiary/aromatic N) is 2. The van der Waals surface area contributed by atoms with Gasteiger partial charge in [0.05, 0.1) is 15.5 Å². The third-order valence-corrected chi connectivity index (χ3v) is 5.64. The van der Waals surface area contributed by atoms with Crippen molar-refractivity contribution in [2.75, 3.05) is 4.72 Å². The van der Waals surface area contributed by atoms with E-state index in [1.807, 2.05) is 0 Å². The molecule has 0 aromatic heterocycles. The lowest BCUT2D eigenvalue weighted by Crippen LogP contribution is -2.18. The van der Waals surface area contributed by atoms with Crippen LogP contribution in [0.15, 0.2) is 70.6 Å². The summed E-state index contributed by atoms with van der Waals surface area (Å²) in [6, 6.07) is 10.8. The topological polar surface area (TPSA) is 125 Å². The standard InChI is InChI=1S/C19H12ClF2N3O5S/c20-15-7-5-13(9-18(15)25(27)28)23-19(26)11-1-3-12(4-2-11)24-31(29,30)14-6-8-16(21)17(22)10-14/h1-10,24H,(H,23,26)/p-1. The molecule has 0 amide bonds. The molecule has 0 saturated heterocycles. The van der Waals surface area contributed by atoms with Crippen LogP contribution in [0.1, 0.15) is 5.56 Å². The summed E-state index contributed by atoms with van der Waals surface area (Å²) >= 11 is 5.71. The highest BCUT2D eigenvalue weighted by Gasteiger charge is 2.17. The van der Waals surface area contributed by atoms with E-state index in [0.717, 1.165) is 12.1 Å². The molecule has 0 aliphatic heterocycles. The minimum absolute atomic E-state index is 0.0178. The summed E-state index contributed by atoms with van der Waals surface area (Å²) in [6.45, 7) is 0. The molecule has 1 N–H and O–H groups in total. The number of benzene rings is 3. The van der Waals surface area contributed by atoms with Crippen molar-refractivity contribution in [1.82, 2.24) is 0 Å². The molecule has 160 valence electrons. The zero-order valence-electron chi connectivity index (χ0n) is 15.3. The Labute approximate surface area is 179 Å². The summed E-state index contributed by atoms with van der Waals surface area (Å²) < 4.78 is 53.1. The van der Waals surface area contributed by atoms with Gasteiger partial charge < -0.3 is 5.11 Å². The van der Waals surface area contributed by atoms with E-state index in [9.17, 15) is 32.4 Å². The largest absolute Gasteiger partial charge is 0.858 e. The Hall–Kier alpha value is -3.57. The average Bonchev–Trinajstić information content (AvgIpc) is 2.71. The number of sulfonamides is 1. The first kappa shape index (κ1) is 22.1. The van der Waals surface area contributed by atoms with E-state index in [2.05, 4.69) is 9.71 Å². The maximum absolute atomic E-state index is 13.3. The normalized spacial score (nSPS) is 11.9. The highest BCUT2D eigenvalue weighted by Crippen LogP contribution is 2.29. The first-order valence-electron chi connectivity index (χ1n) is 8.35. The molecule has 3 rings (SSSR count). The van der Waals surface area contributed by atoms with E-state index in [-0.39, 0.29) is 22.0 Å². The molecule has 0 heterocycles. The van der Waals surface area contributed by atoms with Crippen molar-refractivity contribution in [3.8, 4) is 0 Å². The van der Waals surface area contributed by atoms with Crippen molar-refractivity contribution in [1.29, 1.82) is 0 Å². The summed E-state index contributed by atoms with van der Waals surface area (Å²) in [7, 11) is -4.19. The summed E-state index contributed by atoms with van der Waals surface area (Å²) in [6.07, 6.45) is 0. The van der Waals surface area contributed by atoms with Gasteiger partial charge in [-0.1, -0.05) is 23.7 Å². The lowest BCUT2D eigenvalue weighted by Gasteiger charge is -2.13. The first-order valence-corrected chi connectivity index (χ1v) is 10.2. The zero-order valence-corrected chi connectivity index (χ0v) is 16.8. The SMILES string of the molecule is O=[N+]([O-])c1cc(N=C([O-])c2ccc(NS(=O)(=O)c3ccc(F)c(F)c3)cc2)ccc1Cl. The second-order valence-electron chi connectivity index (χ2n) is 6.07. The van der Waals surface area contributed by atoms with Crippen LogP contribution in [0, 0.1) is 21.7 Å². The van der Waals surface area contributed by atoms with Gasteiger partial charge >= 0.3 is 0 Å². The summed E-state index contributed by atoms with van der Waals surface area (Å²) in [5.41, 5.74) is -0.251. The molecule has 12 heteroatoms. The number of hydrogen-bond donors (Lipinski definition) is 1. The van der Waals surface area contributed by atoms with Crippen LogP contribution in [-0.4, -0.2) is 19.2 Å². The molecule has 3 aromatic rings. The Bertz CT molecular complexity index is 1300. The van der Waals surface area contributed by atoms with Gasteiger partial charge in [-0.2, -0.15) is 0 Å². The Balaban J connectivity index is 1.81. The summed E-state index contributed by atoms with van der Waals surface area (Å²) in [5.74, 6) is -3.23. The second-order valence-corrected chi connectivity index (χ2v) is 8.16. The molecule has 0 spiro atoms. The number of nitrogens with one attached hydrogen (secondary N) is 1. The molecule has 0 radical (unpaired) electrons. The number of aliphatic imine (C=N–C) groups is 1. The molecule has 0 atom stereocenters. The van der Waals surface area contributed by atoms with Crippen molar-refractivity contribution in [3.05, 3.63) is 93.0 Å². The fourth-order valence-electron chi connectivity index (χ4n) is 2.43. The fraction of sp³-hybridized carbons (Fsp3) is 0.